The van der Waals surface area contributed by atoms with Crippen LogP contribution in [0, 0.1) is 0 Å². The molecule has 34 heavy (non-hydrogen) atoms. The Morgan fingerprint density at radius 2 is 1.65 bits per heavy atom. The Bertz CT molecular complexity index is 1280. The summed E-state index contributed by atoms with van der Waals surface area (Å²) in [7, 11) is 3.09. The Balaban J connectivity index is 1.55. The normalized spacial score (nSPS) is 10.7. The molecule has 4 aromatic rings. The maximum atomic E-state index is 12.9. The van der Waals surface area contributed by atoms with E-state index in [2.05, 4.69) is 10.2 Å². The minimum atomic E-state index is -0.0672. The number of benzene rings is 3. The summed E-state index contributed by atoms with van der Waals surface area (Å²) in [5.41, 5.74) is 1.39. The summed E-state index contributed by atoms with van der Waals surface area (Å²) in [5, 5.41) is 9.73. The Labute approximate surface area is 206 Å². The predicted molar refractivity (Wildman–Crippen MR) is 132 cm³/mol. The zero-order valence-electron chi connectivity index (χ0n) is 18.6. The monoisotopic (exact) mass is 495 g/mol. The van der Waals surface area contributed by atoms with Crippen molar-refractivity contribution in [2.75, 3.05) is 20.0 Å². The van der Waals surface area contributed by atoms with Gasteiger partial charge >= 0.3 is 0 Å². The summed E-state index contributed by atoms with van der Waals surface area (Å²) in [5.74, 6) is 2.33. The van der Waals surface area contributed by atoms with Gasteiger partial charge in [0.1, 0.15) is 12.4 Å². The number of hydrogen-bond acceptors (Lipinski definition) is 7. The molecule has 4 rings (SSSR count). The topological polar surface area (TPSA) is 75.5 Å². The van der Waals surface area contributed by atoms with Gasteiger partial charge in [-0.2, -0.15) is 0 Å². The summed E-state index contributed by atoms with van der Waals surface area (Å²) in [6.45, 7) is 0.163. The molecule has 7 nitrogen and oxygen atoms in total. The fraction of sp³-hybridized carbons (Fsp3) is 0.160. The molecule has 0 radical (unpaired) electrons. The van der Waals surface area contributed by atoms with E-state index in [1.54, 1.807) is 37.4 Å². The van der Waals surface area contributed by atoms with E-state index in [1.807, 2.05) is 47.0 Å². The molecule has 0 spiro atoms. The Hall–Kier alpha value is -3.49. The molecule has 0 saturated carbocycles. The largest absolute Gasteiger partial charge is 0.493 e. The third kappa shape index (κ3) is 5.35. The second-order valence-electron chi connectivity index (χ2n) is 7.07. The SMILES string of the molecule is COc1ccc(C(=O)CSc2nnc(COc3ccccc3Cl)n2-c2ccccc2)cc1OC. The number of aromatic nitrogens is 3. The maximum absolute atomic E-state index is 12.9. The zero-order chi connectivity index (χ0) is 23.9. The van der Waals surface area contributed by atoms with Crippen molar-refractivity contribution in [3.05, 3.63) is 89.2 Å². The molecule has 9 heteroatoms. The molecule has 0 aliphatic heterocycles. The molecular weight excluding hydrogens is 474 g/mol. The van der Waals surface area contributed by atoms with Gasteiger partial charge in [-0.25, -0.2) is 0 Å². The van der Waals surface area contributed by atoms with Crippen molar-refractivity contribution in [2.45, 2.75) is 11.8 Å². The summed E-state index contributed by atoms with van der Waals surface area (Å²) < 4.78 is 18.3. The van der Waals surface area contributed by atoms with Gasteiger partial charge in [-0.15, -0.1) is 10.2 Å². The van der Waals surface area contributed by atoms with Crippen LogP contribution in [0.3, 0.4) is 0 Å². The van der Waals surface area contributed by atoms with Crippen molar-refractivity contribution in [3.63, 3.8) is 0 Å². The van der Waals surface area contributed by atoms with Gasteiger partial charge < -0.3 is 14.2 Å². The number of hydrogen-bond donors (Lipinski definition) is 0. The Morgan fingerprint density at radius 3 is 2.38 bits per heavy atom. The second-order valence-corrected chi connectivity index (χ2v) is 8.42. The van der Waals surface area contributed by atoms with Crippen molar-refractivity contribution in [1.29, 1.82) is 0 Å². The van der Waals surface area contributed by atoms with Gasteiger partial charge in [0, 0.05) is 11.3 Å². The fourth-order valence-electron chi connectivity index (χ4n) is 3.25. The van der Waals surface area contributed by atoms with Crippen LogP contribution in [0.15, 0.2) is 78.0 Å². The number of thioether (sulfide) groups is 1. The smallest absolute Gasteiger partial charge is 0.196 e. The molecule has 0 aliphatic carbocycles. The molecule has 1 aromatic heterocycles. The van der Waals surface area contributed by atoms with Crippen LogP contribution in [0.2, 0.25) is 5.02 Å². The van der Waals surface area contributed by atoms with Gasteiger partial charge in [-0.05, 0) is 42.5 Å². The highest BCUT2D eigenvalue weighted by Crippen LogP contribution is 2.30. The molecule has 0 saturated heterocycles. The highest BCUT2D eigenvalue weighted by atomic mass is 35.5. The van der Waals surface area contributed by atoms with Crippen LogP contribution in [-0.4, -0.2) is 40.5 Å². The first-order valence-electron chi connectivity index (χ1n) is 10.4. The highest BCUT2D eigenvalue weighted by molar-refractivity contribution is 7.99. The van der Waals surface area contributed by atoms with E-state index in [9.17, 15) is 4.79 Å². The summed E-state index contributed by atoms with van der Waals surface area (Å²) >= 11 is 7.51. The van der Waals surface area contributed by atoms with E-state index < -0.39 is 0 Å². The molecule has 174 valence electrons. The number of Topliss-reactive ketones (excluding diaryl/α,β-unsaturated/α-hetero) is 1. The molecule has 0 amide bonds. The van der Waals surface area contributed by atoms with Gasteiger partial charge in [0.2, 0.25) is 0 Å². The predicted octanol–water partition coefficient (Wildman–Crippen LogP) is 5.49. The van der Waals surface area contributed by atoms with Crippen LogP contribution in [-0.2, 0) is 6.61 Å². The number of nitrogens with zero attached hydrogens (tertiary/aromatic N) is 3. The van der Waals surface area contributed by atoms with E-state index in [-0.39, 0.29) is 18.1 Å². The van der Waals surface area contributed by atoms with E-state index in [0.717, 1.165) is 5.69 Å². The van der Waals surface area contributed by atoms with E-state index in [1.165, 1.54) is 18.9 Å². The number of ketones is 1. The average Bonchev–Trinajstić information content (AvgIpc) is 3.29. The van der Waals surface area contributed by atoms with Crippen molar-refractivity contribution in [2.24, 2.45) is 0 Å². The molecule has 0 fully saturated rings. The Morgan fingerprint density at radius 1 is 0.912 bits per heavy atom. The lowest BCUT2D eigenvalue weighted by Gasteiger charge is -2.12. The van der Waals surface area contributed by atoms with Gasteiger partial charge in [0.15, 0.2) is 28.3 Å². The minimum Gasteiger partial charge on any atom is -0.493 e. The third-order valence-electron chi connectivity index (χ3n) is 4.95. The van der Waals surface area contributed by atoms with Crippen LogP contribution in [0.4, 0.5) is 0 Å². The van der Waals surface area contributed by atoms with Gasteiger partial charge in [0.05, 0.1) is 25.0 Å². The van der Waals surface area contributed by atoms with Crippen molar-refractivity contribution < 1.29 is 19.0 Å². The third-order valence-corrected chi connectivity index (χ3v) is 6.19. The molecule has 0 bridgehead atoms. The number of methoxy groups -OCH3 is 2. The van der Waals surface area contributed by atoms with Crippen LogP contribution >= 0.6 is 23.4 Å². The first-order valence-corrected chi connectivity index (χ1v) is 11.7. The number of para-hydroxylation sites is 2. The molecule has 1 heterocycles. The quantitative estimate of drug-likeness (QED) is 0.212. The number of carbonyl (C=O) groups is 1. The first kappa shape index (κ1) is 23.7. The fourth-order valence-corrected chi connectivity index (χ4v) is 4.31. The number of rotatable bonds is 10. The summed E-state index contributed by atoms with van der Waals surface area (Å²) in [6, 6.07) is 22.0. The number of halogens is 1. The lowest BCUT2D eigenvalue weighted by molar-refractivity contribution is 0.102. The number of ether oxygens (including phenoxy) is 3. The van der Waals surface area contributed by atoms with E-state index >= 15 is 0 Å². The summed E-state index contributed by atoms with van der Waals surface area (Å²) in [6.07, 6.45) is 0. The molecule has 0 unspecified atom stereocenters. The van der Waals surface area contributed by atoms with Crippen molar-refractivity contribution in [1.82, 2.24) is 14.8 Å². The molecular formula is C25H22ClN3O4S. The van der Waals surface area contributed by atoms with Crippen molar-refractivity contribution >= 4 is 29.1 Å². The minimum absolute atomic E-state index is 0.0672. The second kappa shape index (κ2) is 11.1. The lowest BCUT2D eigenvalue weighted by Crippen LogP contribution is -2.08. The maximum Gasteiger partial charge on any atom is 0.196 e. The summed E-state index contributed by atoms with van der Waals surface area (Å²) in [4.78, 5) is 12.9. The standard InChI is InChI=1S/C25H22ClN3O4S/c1-31-22-13-12-17(14-23(22)32-2)20(30)16-34-25-28-27-24(29(25)18-8-4-3-5-9-18)15-33-21-11-7-6-10-19(21)26/h3-14H,15-16H2,1-2H3. The first-order chi connectivity index (χ1) is 16.6. The Kier molecular flexibility index (Phi) is 7.72. The van der Waals surface area contributed by atoms with Gasteiger partial charge in [-0.3, -0.25) is 9.36 Å². The molecule has 0 aliphatic rings. The van der Waals surface area contributed by atoms with Crippen molar-refractivity contribution in [3.8, 4) is 22.9 Å². The van der Waals surface area contributed by atoms with Gasteiger partial charge in [-0.1, -0.05) is 53.7 Å². The molecule has 3 aromatic carbocycles. The van der Waals surface area contributed by atoms with Crippen LogP contribution in [0.1, 0.15) is 16.2 Å². The van der Waals surface area contributed by atoms with Crippen LogP contribution in [0.5, 0.6) is 17.2 Å². The molecule has 0 atom stereocenters. The van der Waals surface area contributed by atoms with Crippen LogP contribution in [0.25, 0.3) is 5.69 Å². The van der Waals surface area contributed by atoms with Gasteiger partial charge in [0.25, 0.3) is 0 Å². The van der Waals surface area contributed by atoms with Crippen LogP contribution < -0.4 is 14.2 Å². The van der Waals surface area contributed by atoms with E-state index in [4.69, 9.17) is 25.8 Å². The molecule has 0 N–H and O–H groups in total. The lowest BCUT2D eigenvalue weighted by atomic mass is 10.1. The highest BCUT2D eigenvalue weighted by Gasteiger charge is 2.18. The average molecular weight is 496 g/mol. The van der Waals surface area contributed by atoms with E-state index in [0.29, 0.717) is 38.8 Å². The zero-order valence-corrected chi connectivity index (χ0v) is 20.2. The number of carbonyl (C=O) groups excluding carboxylic acids is 1.